The Labute approximate surface area is 100 Å². The van der Waals surface area contributed by atoms with Crippen molar-refractivity contribution >= 4 is 17.9 Å². The minimum Gasteiger partial charge on any atom is -0.452 e. The van der Waals surface area contributed by atoms with Gasteiger partial charge in [-0.15, -0.1) is 0 Å². The fourth-order valence-electron chi connectivity index (χ4n) is 1.15. The highest BCUT2D eigenvalue weighted by molar-refractivity contribution is 5.97. The first-order chi connectivity index (χ1) is 7.90. The van der Waals surface area contributed by atoms with Crippen molar-refractivity contribution in [2.75, 3.05) is 0 Å². The van der Waals surface area contributed by atoms with Gasteiger partial charge in [0.1, 0.15) is 0 Å². The molecule has 0 unspecified atom stereocenters. The van der Waals surface area contributed by atoms with E-state index in [1.807, 2.05) is 0 Å². The lowest BCUT2D eigenvalue weighted by Crippen LogP contribution is -2.46. The van der Waals surface area contributed by atoms with Gasteiger partial charge >= 0.3 is 12.0 Å². The summed E-state index contributed by atoms with van der Waals surface area (Å²) in [5.74, 6) is -1.04. The number of amides is 3. The zero-order valence-electron chi connectivity index (χ0n) is 10.3. The number of carbonyl (C=O) groups is 3. The lowest BCUT2D eigenvalue weighted by molar-refractivity contribution is -0.155. The Hall–Kier alpha value is -1.59. The second-order valence-electron chi connectivity index (χ2n) is 4.47. The smallest absolute Gasteiger partial charge is 0.321 e. The van der Waals surface area contributed by atoms with Crippen LogP contribution in [-0.2, 0) is 14.3 Å². The summed E-state index contributed by atoms with van der Waals surface area (Å²) in [5, 5.41) is 4.62. The Bertz CT molecular complexity index is 323. The van der Waals surface area contributed by atoms with E-state index in [9.17, 15) is 14.4 Å². The molecular weight excluding hydrogens is 224 g/mol. The average Bonchev–Trinajstić information content (AvgIpc) is 2.98. The molecule has 3 amide bonds. The third-order valence-electron chi connectivity index (χ3n) is 2.23. The minimum absolute atomic E-state index is 0.0604. The van der Waals surface area contributed by atoms with E-state index in [1.165, 1.54) is 6.92 Å². The number of carbonyl (C=O) groups excluding carboxylic acids is 3. The molecule has 0 aromatic carbocycles. The molecule has 1 saturated carbocycles. The summed E-state index contributed by atoms with van der Waals surface area (Å²) in [6.45, 7) is 5.00. The molecule has 6 heteroatoms. The molecule has 0 aromatic rings. The first-order valence-corrected chi connectivity index (χ1v) is 5.72. The van der Waals surface area contributed by atoms with Crippen LogP contribution in [0.2, 0.25) is 0 Å². The van der Waals surface area contributed by atoms with Crippen molar-refractivity contribution in [1.82, 2.24) is 10.6 Å². The maximum atomic E-state index is 11.5. The van der Waals surface area contributed by atoms with Gasteiger partial charge in [0.25, 0.3) is 5.91 Å². The van der Waals surface area contributed by atoms with Gasteiger partial charge in [-0.05, 0) is 33.6 Å². The lowest BCUT2D eigenvalue weighted by Gasteiger charge is -2.14. The molecule has 0 bridgehead atoms. The summed E-state index contributed by atoms with van der Waals surface area (Å²) in [6.07, 6.45) is 0.697. The minimum atomic E-state index is -0.944. The van der Waals surface area contributed by atoms with Crippen LogP contribution >= 0.6 is 0 Å². The van der Waals surface area contributed by atoms with Crippen molar-refractivity contribution in [2.45, 2.75) is 45.8 Å². The molecule has 1 rings (SSSR count). The van der Waals surface area contributed by atoms with E-state index in [0.29, 0.717) is 0 Å². The van der Waals surface area contributed by atoms with Crippen LogP contribution in [0.25, 0.3) is 0 Å². The average molecular weight is 242 g/mol. The second kappa shape index (κ2) is 5.65. The van der Waals surface area contributed by atoms with Gasteiger partial charge in [-0.2, -0.15) is 0 Å². The van der Waals surface area contributed by atoms with E-state index in [-0.39, 0.29) is 17.9 Å². The van der Waals surface area contributed by atoms with Gasteiger partial charge in [0.05, 0.1) is 5.92 Å². The molecule has 6 nitrogen and oxygen atoms in total. The zero-order chi connectivity index (χ0) is 13.0. The van der Waals surface area contributed by atoms with Crippen LogP contribution in [0.3, 0.4) is 0 Å². The molecule has 1 atom stereocenters. The van der Waals surface area contributed by atoms with Gasteiger partial charge in [0.2, 0.25) is 0 Å². The second-order valence-corrected chi connectivity index (χ2v) is 4.47. The third kappa shape index (κ3) is 4.84. The van der Waals surface area contributed by atoms with Crippen LogP contribution in [0.5, 0.6) is 0 Å². The molecule has 0 aromatic heterocycles. The van der Waals surface area contributed by atoms with Crippen molar-refractivity contribution in [3.63, 3.8) is 0 Å². The Kier molecular flexibility index (Phi) is 4.48. The number of esters is 1. The van der Waals surface area contributed by atoms with Gasteiger partial charge in [0, 0.05) is 6.04 Å². The molecule has 1 aliphatic carbocycles. The van der Waals surface area contributed by atoms with E-state index in [2.05, 4.69) is 10.6 Å². The van der Waals surface area contributed by atoms with E-state index in [1.54, 1.807) is 13.8 Å². The maximum Gasteiger partial charge on any atom is 0.321 e. The monoisotopic (exact) mass is 242 g/mol. The molecule has 0 heterocycles. The van der Waals surface area contributed by atoms with E-state index in [4.69, 9.17) is 4.74 Å². The van der Waals surface area contributed by atoms with Crippen LogP contribution in [0.4, 0.5) is 4.79 Å². The van der Waals surface area contributed by atoms with Crippen molar-refractivity contribution in [3.05, 3.63) is 0 Å². The summed E-state index contributed by atoms with van der Waals surface area (Å²) in [5.41, 5.74) is 0. The quantitative estimate of drug-likeness (QED) is 0.705. The number of rotatable bonds is 4. The molecule has 0 saturated heterocycles. The zero-order valence-corrected chi connectivity index (χ0v) is 10.3. The molecule has 0 aliphatic heterocycles. The highest BCUT2D eigenvalue weighted by Crippen LogP contribution is 2.30. The molecule has 0 spiro atoms. The Morgan fingerprint density at radius 2 is 1.76 bits per heavy atom. The van der Waals surface area contributed by atoms with Gasteiger partial charge in [-0.1, -0.05) is 0 Å². The molecule has 2 N–H and O–H groups in total. The van der Waals surface area contributed by atoms with Crippen molar-refractivity contribution in [3.8, 4) is 0 Å². The van der Waals surface area contributed by atoms with Crippen LogP contribution in [-0.4, -0.2) is 30.1 Å². The topological polar surface area (TPSA) is 84.5 Å². The predicted molar refractivity (Wildman–Crippen MR) is 60.1 cm³/mol. The normalized spacial score (nSPS) is 16.2. The standard InChI is InChI=1S/C11H18N2O4/c1-6(2)12-11(16)13-9(14)7(3)17-10(15)8-4-5-8/h6-8H,4-5H2,1-3H3,(H2,12,13,14,16)/t7-/m0/s1. The first kappa shape index (κ1) is 13.5. The fourth-order valence-corrected chi connectivity index (χ4v) is 1.15. The fraction of sp³-hybridized carbons (Fsp3) is 0.727. The molecule has 1 aliphatic rings. The number of hydrogen-bond acceptors (Lipinski definition) is 4. The van der Waals surface area contributed by atoms with Gasteiger partial charge in [-0.25, -0.2) is 4.79 Å². The van der Waals surface area contributed by atoms with E-state index < -0.39 is 18.0 Å². The SMILES string of the molecule is CC(C)NC(=O)NC(=O)[C@H](C)OC(=O)C1CC1. The van der Waals surface area contributed by atoms with Gasteiger partial charge in [-0.3, -0.25) is 14.9 Å². The Morgan fingerprint density at radius 1 is 1.18 bits per heavy atom. The van der Waals surface area contributed by atoms with Crippen LogP contribution in [0.15, 0.2) is 0 Å². The largest absolute Gasteiger partial charge is 0.452 e. The molecule has 1 fully saturated rings. The molecule has 96 valence electrons. The summed E-state index contributed by atoms with van der Waals surface area (Å²) in [7, 11) is 0. The summed E-state index contributed by atoms with van der Waals surface area (Å²) in [4.78, 5) is 34.0. The molecule has 0 radical (unpaired) electrons. The maximum absolute atomic E-state index is 11.5. The van der Waals surface area contributed by atoms with E-state index >= 15 is 0 Å². The predicted octanol–water partition coefficient (Wildman–Crippen LogP) is 0.562. The number of urea groups is 1. The third-order valence-corrected chi connectivity index (χ3v) is 2.23. The van der Waals surface area contributed by atoms with Crippen LogP contribution in [0, 0.1) is 5.92 Å². The number of nitrogens with one attached hydrogen (secondary N) is 2. The Morgan fingerprint density at radius 3 is 2.24 bits per heavy atom. The summed E-state index contributed by atoms with van der Waals surface area (Å²) < 4.78 is 4.91. The van der Waals surface area contributed by atoms with Crippen LogP contribution < -0.4 is 10.6 Å². The van der Waals surface area contributed by atoms with Gasteiger partial charge in [0.15, 0.2) is 6.10 Å². The molecular formula is C11H18N2O4. The van der Waals surface area contributed by atoms with Crippen molar-refractivity contribution in [1.29, 1.82) is 0 Å². The highest BCUT2D eigenvalue weighted by Gasteiger charge is 2.33. The lowest BCUT2D eigenvalue weighted by atomic mass is 10.3. The number of imide groups is 1. The number of hydrogen-bond donors (Lipinski definition) is 2. The van der Waals surface area contributed by atoms with Crippen molar-refractivity contribution in [2.24, 2.45) is 5.92 Å². The Balaban J connectivity index is 2.30. The summed E-state index contributed by atoms with van der Waals surface area (Å²) in [6, 6.07) is -0.647. The molecule has 17 heavy (non-hydrogen) atoms. The highest BCUT2D eigenvalue weighted by atomic mass is 16.5. The van der Waals surface area contributed by atoms with Crippen molar-refractivity contribution < 1.29 is 19.1 Å². The van der Waals surface area contributed by atoms with Gasteiger partial charge < -0.3 is 10.1 Å². The first-order valence-electron chi connectivity index (χ1n) is 5.72. The van der Waals surface area contributed by atoms with E-state index in [0.717, 1.165) is 12.8 Å². The number of ether oxygens (including phenoxy) is 1. The summed E-state index contributed by atoms with van der Waals surface area (Å²) >= 11 is 0. The van der Waals surface area contributed by atoms with Crippen LogP contribution in [0.1, 0.15) is 33.6 Å².